The van der Waals surface area contributed by atoms with Gasteiger partial charge in [0.05, 0.1) is 18.6 Å². The summed E-state index contributed by atoms with van der Waals surface area (Å²) in [4.78, 5) is 11.5. The molecule has 0 aromatic carbocycles. The van der Waals surface area contributed by atoms with Crippen LogP contribution in [0.15, 0.2) is 48.6 Å². The monoisotopic (exact) mass is 355 g/mol. The first-order chi connectivity index (χ1) is 12.8. The molecule has 0 aliphatic heterocycles. The number of nitrogens with zero attached hydrogens (tertiary/aromatic N) is 1. The Bertz CT molecular complexity index is 537. The second-order valence-corrected chi connectivity index (χ2v) is 6.57. The number of nitriles is 1. The zero-order valence-electron chi connectivity index (χ0n) is 16.1. The number of hydrogen-bond acceptors (Lipinski definition) is 3. The highest BCUT2D eigenvalue weighted by atomic mass is 16.5. The normalized spacial score (nSPS) is 19.7. The lowest BCUT2D eigenvalue weighted by molar-refractivity contribution is -0.144. The molecule has 0 amide bonds. The van der Waals surface area contributed by atoms with Gasteiger partial charge in [-0.25, -0.2) is 0 Å². The van der Waals surface area contributed by atoms with E-state index in [1.807, 2.05) is 6.92 Å². The fourth-order valence-electron chi connectivity index (χ4n) is 2.68. The van der Waals surface area contributed by atoms with E-state index in [0.717, 1.165) is 44.9 Å². The van der Waals surface area contributed by atoms with E-state index in [1.54, 1.807) is 0 Å². The summed E-state index contributed by atoms with van der Waals surface area (Å²) < 4.78 is 5.02. The summed E-state index contributed by atoms with van der Waals surface area (Å²) in [5, 5.41) is 8.44. The van der Waals surface area contributed by atoms with Crippen LogP contribution in [0.2, 0.25) is 0 Å². The Labute approximate surface area is 159 Å². The lowest BCUT2D eigenvalue weighted by atomic mass is 10.1. The number of allylic oxidation sites excluding steroid dienone is 8. The molecule has 142 valence electrons. The average molecular weight is 356 g/mol. The SMILES string of the molecule is CCOC(=O)C1CC1/C=C\C/C=C\C/C=C\C/C=C\CCCCCC#N. The Morgan fingerprint density at radius 3 is 2.31 bits per heavy atom. The Balaban J connectivity index is 1.94. The summed E-state index contributed by atoms with van der Waals surface area (Å²) in [5.41, 5.74) is 0. The number of rotatable bonds is 14. The predicted octanol–water partition coefficient (Wildman–Crippen LogP) is 6.05. The third-order valence-electron chi connectivity index (χ3n) is 4.29. The lowest BCUT2D eigenvalue weighted by Gasteiger charge is -1.97. The smallest absolute Gasteiger partial charge is 0.309 e. The van der Waals surface area contributed by atoms with Crippen molar-refractivity contribution in [2.75, 3.05) is 6.61 Å². The van der Waals surface area contributed by atoms with Gasteiger partial charge in [0.25, 0.3) is 0 Å². The molecule has 0 bridgehead atoms. The molecule has 0 N–H and O–H groups in total. The molecule has 0 aromatic rings. The summed E-state index contributed by atoms with van der Waals surface area (Å²) in [6.45, 7) is 2.32. The minimum absolute atomic E-state index is 0.0455. The lowest BCUT2D eigenvalue weighted by Crippen LogP contribution is -2.06. The molecule has 2 atom stereocenters. The summed E-state index contributed by atoms with van der Waals surface area (Å²) >= 11 is 0. The molecule has 0 spiro atoms. The van der Waals surface area contributed by atoms with Gasteiger partial charge in [0.2, 0.25) is 0 Å². The highest BCUT2D eigenvalue weighted by Crippen LogP contribution is 2.40. The van der Waals surface area contributed by atoms with Crippen molar-refractivity contribution in [1.29, 1.82) is 5.26 Å². The number of hydrogen-bond donors (Lipinski definition) is 0. The van der Waals surface area contributed by atoms with Crippen LogP contribution in [-0.4, -0.2) is 12.6 Å². The van der Waals surface area contributed by atoms with Crippen molar-refractivity contribution in [1.82, 2.24) is 0 Å². The van der Waals surface area contributed by atoms with Gasteiger partial charge >= 0.3 is 5.97 Å². The van der Waals surface area contributed by atoms with E-state index in [2.05, 4.69) is 54.7 Å². The molecule has 1 rings (SSSR count). The van der Waals surface area contributed by atoms with Crippen molar-refractivity contribution in [3.63, 3.8) is 0 Å². The summed E-state index contributed by atoms with van der Waals surface area (Å²) in [7, 11) is 0. The first kappa shape index (κ1) is 22.0. The maximum absolute atomic E-state index is 11.5. The van der Waals surface area contributed by atoms with Crippen molar-refractivity contribution in [3.8, 4) is 6.07 Å². The van der Waals surface area contributed by atoms with Crippen molar-refractivity contribution in [3.05, 3.63) is 48.6 Å². The van der Waals surface area contributed by atoms with E-state index in [4.69, 9.17) is 10.00 Å². The van der Waals surface area contributed by atoms with E-state index < -0.39 is 0 Å². The van der Waals surface area contributed by atoms with E-state index in [0.29, 0.717) is 18.9 Å². The summed E-state index contributed by atoms with van der Waals surface area (Å²) in [5.74, 6) is 0.445. The largest absolute Gasteiger partial charge is 0.466 e. The van der Waals surface area contributed by atoms with Crippen LogP contribution in [0.4, 0.5) is 0 Å². The van der Waals surface area contributed by atoms with E-state index >= 15 is 0 Å². The molecule has 0 radical (unpaired) electrons. The first-order valence-corrected chi connectivity index (χ1v) is 9.94. The van der Waals surface area contributed by atoms with Crippen molar-refractivity contribution in [2.24, 2.45) is 11.8 Å². The molecule has 2 unspecified atom stereocenters. The van der Waals surface area contributed by atoms with Gasteiger partial charge in [-0.3, -0.25) is 4.79 Å². The van der Waals surface area contributed by atoms with Gasteiger partial charge in [0, 0.05) is 6.42 Å². The maximum atomic E-state index is 11.5. The first-order valence-electron chi connectivity index (χ1n) is 9.94. The van der Waals surface area contributed by atoms with Gasteiger partial charge in [0.15, 0.2) is 0 Å². The number of ether oxygens (including phenoxy) is 1. The Kier molecular flexibility index (Phi) is 12.8. The predicted molar refractivity (Wildman–Crippen MR) is 107 cm³/mol. The van der Waals surface area contributed by atoms with Crippen LogP contribution >= 0.6 is 0 Å². The van der Waals surface area contributed by atoms with Crippen LogP contribution in [0.5, 0.6) is 0 Å². The van der Waals surface area contributed by atoms with Gasteiger partial charge < -0.3 is 4.74 Å². The third kappa shape index (κ3) is 11.5. The van der Waals surface area contributed by atoms with Gasteiger partial charge in [-0.1, -0.05) is 55.0 Å². The third-order valence-corrected chi connectivity index (χ3v) is 4.29. The second kappa shape index (κ2) is 15.2. The van der Waals surface area contributed by atoms with E-state index in [9.17, 15) is 4.79 Å². The number of carbonyl (C=O) groups excluding carboxylic acids is 1. The van der Waals surface area contributed by atoms with Crippen molar-refractivity contribution >= 4 is 5.97 Å². The molecular weight excluding hydrogens is 322 g/mol. The molecule has 3 heteroatoms. The number of esters is 1. The van der Waals surface area contributed by atoms with Crippen LogP contribution in [0.25, 0.3) is 0 Å². The number of carbonyl (C=O) groups is 1. The van der Waals surface area contributed by atoms with Crippen LogP contribution < -0.4 is 0 Å². The molecule has 1 fully saturated rings. The maximum Gasteiger partial charge on any atom is 0.309 e. The Morgan fingerprint density at radius 1 is 1.00 bits per heavy atom. The zero-order chi connectivity index (χ0) is 18.9. The van der Waals surface area contributed by atoms with E-state index in [1.165, 1.54) is 6.42 Å². The topological polar surface area (TPSA) is 50.1 Å². The molecule has 0 heterocycles. The molecule has 26 heavy (non-hydrogen) atoms. The van der Waals surface area contributed by atoms with Crippen molar-refractivity contribution < 1.29 is 9.53 Å². The number of unbranched alkanes of at least 4 members (excludes halogenated alkanes) is 4. The Morgan fingerprint density at radius 2 is 1.65 bits per heavy atom. The minimum atomic E-state index is -0.0455. The van der Waals surface area contributed by atoms with Gasteiger partial charge in [-0.15, -0.1) is 0 Å². The molecule has 0 aromatic heterocycles. The fraction of sp³-hybridized carbons (Fsp3) is 0.565. The summed E-state index contributed by atoms with van der Waals surface area (Å²) in [6, 6.07) is 2.18. The molecule has 1 aliphatic carbocycles. The molecule has 3 nitrogen and oxygen atoms in total. The fourth-order valence-corrected chi connectivity index (χ4v) is 2.68. The van der Waals surface area contributed by atoms with Gasteiger partial charge in [-0.05, 0) is 57.8 Å². The zero-order valence-corrected chi connectivity index (χ0v) is 16.1. The highest BCUT2D eigenvalue weighted by molar-refractivity contribution is 5.76. The molecule has 1 aliphatic rings. The molecule has 1 saturated carbocycles. The average Bonchev–Trinajstić information content (AvgIpc) is 3.41. The van der Waals surface area contributed by atoms with Gasteiger partial charge in [-0.2, -0.15) is 5.26 Å². The van der Waals surface area contributed by atoms with Crippen LogP contribution in [-0.2, 0) is 9.53 Å². The highest BCUT2D eigenvalue weighted by Gasteiger charge is 2.42. The van der Waals surface area contributed by atoms with Crippen molar-refractivity contribution in [2.45, 2.75) is 64.7 Å². The van der Waals surface area contributed by atoms with Crippen LogP contribution in [0, 0.1) is 23.2 Å². The summed E-state index contributed by atoms with van der Waals surface area (Å²) in [6.07, 6.45) is 26.4. The van der Waals surface area contributed by atoms with Crippen LogP contribution in [0.3, 0.4) is 0 Å². The molecule has 0 saturated heterocycles. The quantitative estimate of drug-likeness (QED) is 0.216. The standard InChI is InChI=1S/C23H33NO2/c1-2-26-23(25)22-20-21(22)18-16-14-12-10-8-6-4-3-5-7-9-11-13-15-17-19-24/h4-7,10,12,16,18,21-22H,2-3,8-9,11,13-15,17,20H2,1H3/b6-4-,7-5-,12-10-,18-16-. The second-order valence-electron chi connectivity index (χ2n) is 6.57. The molecular formula is C23H33NO2. The van der Waals surface area contributed by atoms with Gasteiger partial charge in [0.1, 0.15) is 0 Å². The Hall–Kier alpha value is -2.08. The van der Waals surface area contributed by atoms with Crippen LogP contribution in [0.1, 0.15) is 64.7 Å². The van der Waals surface area contributed by atoms with E-state index in [-0.39, 0.29) is 11.9 Å². The minimum Gasteiger partial charge on any atom is -0.466 e.